The van der Waals surface area contributed by atoms with Crippen LogP contribution in [-0.4, -0.2) is 30.5 Å². The maximum atomic E-state index is 12.4. The van der Waals surface area contributed by atoms with Gasteiger partial charge in [0.15, 0.2) is 0 Å². The van der Waals surface area contributed by atoms with E-state index in [0.29, 0.717) is 24.3 Å². The lowest BCUT2D eigenvalue weighted by Crippen LogP contribution is -2.33. The zero-order valence-corrected chi connectivity index (χ0v) is 12.7. The molecule has 0 spiro atoms. The Morgan fingerprint density at radius 2 is 1.90 bits per heavy atom. The minimum absolute atomic E-state index is 0.314. The van der Waals surface area contributed by atoms with E-state index in [9.17, 15) is 4.79 Å². The second kappa shape index (κ2) is 7.08. The quantitative estimate of drug-likeness (QED) is 0.832. The highest BCUT2D eigenvalue weighted by atomic mass is 16.5. The molecule has 0 bridgehead atoms. The molecule has 1 aliphatic heterocycles. The summed E-state index contributed by atoms with van der Waals surface area (Å²) in [5.41, 5.74) is 1.22. The third-order valence-corrected chi connectivity index (χ3v) is 4.77. The first-order valence-electron chi connectivity index (χ1n) is 8.23. The molecule has 2 aliphatic rings. The number of carbonyl (C=O) groups excluding carboxylic acids is 1. The van der Waals surface area contributed by atoms with Crippen molar-refractivity contribution < 1.29 is 9.53 Å². The maximum Gasteiger partial charge on any atom is 0.225 e. The monoisotopic (exact) mass is 287 g/mol. The number of benzene rings is 1. The zero-order valence-electron chi connectivity index (χ0n) is 12.7. The van der Waals surface area contributed by atoms with Crippen LogP contribution in [0.5, 0.6) is 0 Å². The lowest BCUT2D eigenvalue weighted by atomic mass is 10.1. The highest BCUT2D eigenvalue weighted by molar-refractivity contribution is 5.79. The van der Waals surface area contributed by atoms with Crippen molar-refractivity contribution in [1.82, 2.24) is 4.90 Å². The molecule has 1 aromatic carbocycles. The Kier molecular flexibility index (Phi) is 4.91. The summed E-state index contributed by atoms with van der Waals surface area (Å²) in [6.07, 6.45) is 5.75. The molecule has 114 valence electrons. The number of nitrogens with zero attached hydrogens (tertiary/aromatic N) is 1. The van der Waals surface area contributed by atoms with Gasteiger partial charge in [-0.2, -0.15) is 0 Å². The Bertz CT molecular complexity index is 454. The van der Waals surface area contributed by atoms with E-state index in [4.69, 9.17) is 4.74 Å². The van der Waals surface area contributed by atoms with Gasteiger partial charge < -0.3 is 9.64 Å². The van der Waals surface area contributed by atoms with E-state index >= 15 is 0 Å². The topological polar surface area (TPSA) is 29.5 Å². The fourth-order valence-corrected chi connectivity index (χ4v) is 3.52. The molecular weight excluding hydrogens is 262 g/mol. The van der Waals surface area contributed by atoms with E-state index in [1.54, 1.807) is 0 Å². The van der Waals surface area contributed by atoms with Crippen LogP contribution in [0.25, 0.3) is 0 Å². The van der Waals surface area contributed by atoms with Gasteiger partial charge in [-0.1, -0.05) is 43.2 Å². The molecule has 1 aliphatic carbocycles. The molecule has 3 heteroatoms. The molecule has 1 saturated heterocycles. The van der Waals surface area contributed by atoms with Gasteiger partial charge in [-0.05, 0) is 24.8 Å². The van der Waals surface area contributed by atoms with Gasteiger partial charge >= 0.3 is 0 Å². The number of hydrogen-bond acceptors (Lipinski definition) is 2. The van der Waals surface area contributed by atoms with Crippen LogP contribution in [0.4, 0.5) is 0 Å². The van der Waals surface area contributed by atoms with Crippen LogP contribution < -0.4 is 0 Å². The number of amides is 1. The van der Waals surface area contributed by atoms with Crippen LogP contribution >= 0.6 is 0 Å². The highest BCUT2D eigenvalue weighted by Gasteiger charge is 2.32. The second-order valence-electron chi connectivity index (χ2n) is 6.42. The molecule has 0 radical (unpaired) electrons. The summed E-state index contributed by atoms with van der Waals surface area (Å²) in [7, 11) is 0. The SMILES string of the molecule is O=C(C1CCCC1)N1CC[C@H](COCc2ccccc2)C1. The molecule has 0 N–H and O–H groups in total. The van der Waals surface area contributed by atoms with E-state index in [-0.39, 0.29) is 0 Å². The summed E-state index contributed by atoms with van der Waals surface area (Å²) in [4.78, 5) is 14.4. The first-order valence-corrected chi connectivity index (χ1v) is 8.23. The van der Waals surface area contributed by atoms with Crippen LogP contribution in [0.1, 0.15) is 37.7 Å². The zero-order chi connectivity index (χ0) is 14.5. The fourth-order valence-electron chi connectivity index (χ4n) is 3.52. The van der Waals surface area contributed by atoms with Crippen molar-refractivity contribution in [2.45, 2.75) is 38.7 Å². The van der Waals surface area contributed by atoms with E-state index in [2.05, 4.69) is 17.0 Å². The number of carbonyl (C=O) groups is 1. The molecule has 3 rings (SSSR count). The minimum atomic E-state index is 0.314. The summed E-state index contributed by atoms with van der Waals surface area (Å²) in [5, 5.41) is 0. The smallest absolute Gasteiger partial charge is 0.225 e. The van der Waals surface area contributed by atoms with Crippen molar-refractivity contribution in [3.05, 3.63) is 35.9 Å². The van der Waals surface area contributed by atoms with Gasteiger partial charge in [-0.25, -0.2) is 0 Å². The van der Waals surface area contributed by atoms with Crippen LogP contribution in [0.3, 0.4) is 0 Å². The van der Waals surface area contributed by atoms with Gasteiger partial charge in [0.2, 0.25) is 5.91 Å². The molecule has 3 nitrogen and oxygen atoms in total. The van der Waals surface area contributed by atoms with E-state index in [0.717, 1.165) is 39.0 Å². The summed E-state index contributed by atoms with van der Waals surface area (Å²) in [6.45, 7) is 3.26. The summed E-state index contributed by atoms with van der Waals surface area (Å²) in [6, 6.07) is 10.3. The van der Waals surface area contributed by atoms with E-state index in [1.165, 1.54) is 18.4 Å². The lowest BCUT2D eigenvalue weighted by Gasteiger charge is -2.20. The molecule has 21 heavy (non-hydrogen) atoms. The second-order valence-corrected chi connectivity index (χ2v) is 6.42. The number of hydrogen-bond donors (Lipinski definition) is 0. The average molecular weight is 287 g/mol. The minimum Gasteiger partial charge on any atom is -0.376 e. The number of ether oxygens (including phenoxy) is 1. The average Bonchev–Trinajstić information content (AvgIpc) is 3.19. The van der Waals surface area contributed by atoms with Gasteiger partial charge in [0.05, 0.1) is 13.2 Å². The van der Waals surface area contributed by atoms with Crippen molar-refractivity contribution >= 4 is 5.91 Å². The largest absolute Gasteiger partial charge is 0.376 e. The van der Waals surface area contributed by atoms with Crippen molar-refractivity contribution in [2.24, 2.45) is 11.8 Å². The lowest BCUT2D eigenvalue weighted by molar-refractivity contribution is -0.134. The number of rotatable bonds is 5. The molecule has 0 unspecified atom stereocenters. The standard InChI is InChI=1S/C18H25NO2/c20-18(17-8-4-5-9-17)19-11-10-16(12-19)14-21-13-15-6-2-1-3-7-15/h1-3,6-7,16-17H,4-5,8-14H2/t16-/m0/s1. The summed E-state index contributed by atoms with van der Waals surface area (Å²) in [5.74, 6) is 1.23. The van der Waals surface area contributed by atoms with E-state index < -0.39 is 0 Å². The Hall–Kier alpha value is -1.35. The molecule has 2 fully saturated rings. The molecule has 1 heterocycles. The Balaban J connectivity index is 1.39. The predicted molar refractivity (Wildman–Crippen MR) is 82.7 cm³/mol. The van der Waals surface area contributed by atoms with Crippen LogP contribution in [0.2, 0.25) is 0 Å². The molecule has 1 atom stereocenters. The van der Waals surface area contributed by atoms with Crippen molar-refractivity contribution in [3.8, 4) is 0 Å². The van der Waals surface area contributed by atoms with Crippen molar-refractivity contribution in [1.29, 1.82) is 0 Å². The van der Waals surface area contributed by atoms with Gasteiger partial charge in [0.1, 0.15) is 0 Å². The molecule has 0 aromatic heterocycles. The Morgan fingerprint density at radius 1 is 1.14 bits per heavy atom. The van der Waals surface area contributed by atoms with Gasteiger partial charge in [0, 0.05) is 24.9 Å². The summed E-state index contributed by atoms with van der Waals surface area (Å²) >= 11 is 0. The normalized spacial score (nSPS) is 22.9. The Morgan fingerprint density at radius 3 is 2.67 bits per heavy atom. The molecule has 1 aromatic rings. The molecule has 1 amide bonds. The van der Waals surface area contributed by atoms with Gasteiger partial charge in [0.25, 0.3) is 0 Å². The first-order chi connectivity index (χ1) is 10.3. The van der Waals surface area contributed by atoms with Crippen LogP contribution in [-0.2, 0) is 16.1 Å². The third-order valence-electron chi connectivity index (χ3n) is 4.77. The molecule has 1 saturated carbocycles. The van der Waals surface area contributed by atoms with Crippen molar-refractivity contribution in [3.63, 3.8) is 0 Å². The van der Waals surface area contributed by atoms with Gasteiger partial charge in [-0.15, -0.1) is 0 Å². The predicted octanol–water partition coefficient (Wildman–Crippen LogP) is 3.24. The number of likely N-dealkylation sites (tertiary alicyclic amines) is 1. The fraction of sp³-hybridized carbons (Fsp3) is 0.611. The molecular formula is C18H25NO2. The third kappa shape index (κ3) is 3.85. The van der Waals surface area contributed by atoms with Crippen LogP contribution in [0, 0.1) is 11.8 Å². The van der Waals surface area contributed by atoms with Gasteiger partial charge in [-0.3, -0.25) is 4.79 Å². The first kappa shape index (κ1) is 14.6. The summed E-state index contributed by atoms with van der Waals surface area (Å²) < 4.78 is 5.82. The maximum absolute atomic E-state index is 12.4. The van der Waals surface area contributed by atoms with Crippen LogP contribution in [0.15, 0.2) is 30.3 Å². The highest BCUT2D eigenvalue weighted by Crippen LogP contribution is 2.28. The van der Waals surface area contributed by atoms with E-state index in [1.807, 2.05) is 18.2 Å². The Labute approximate surface area is 127 Å². The van der Waals surface area contributed by atoms with Crippen molar-refractivity contribution in [2.75, 3.05) is 19.7 Å².